The fourth-order valence-corrected chi connectivity index (χ4v) is 2.70. The Labute approximate surface area is 124 Å². The smallest absolute Gasteiger partial charge is 0.164 e. The van der Waals surface area contributed by atoms with E-state index in [1.807, 2.05) is 19.9 Å². The van der Waals surface area contributed by atoms with E-state index in [0.717, 1.165) is 6.54 Å². The molecule has 1 aliphatic rings. The number of likely N-dealkylation sites (tertiary alicyclic amines) is 1. The molecule has 1 saturated heterocycles. The Morgan fingerprint density at radius 3 is 2.35 bits per heavy atom. The summed E-state index contributed by atoms with van der Waals surface area (Å²) in [5.74, 6) is 0.785. The summed E-state index contributed by atoms with van der Waals surface area (Å²) in [6, 6.07) is 0. The average molecular weight is 275 g/mol. The average Bonchev–Trinajstić information content (AvgIpc) is 2.47. The van der Waals surface area contributed by atoms with Gasteiger partial charge in [-0.3, -0.25) is 4.79 Å². The molecule has 0 bridgehead atoms. The van der Waals surface area contributed by atoms with Crippen molar-refractivity contribution >= 4 is 5.78 Å². The van der Waals surface area contributed by atoms with Gasteiger partial charge in [0.1, 0.15) is 0 Å². The molecule has 20 heavy (non-hydrogen) atoms. The quantitative estimate of drug-likeness (QED) is 0.539. The van der Waals surface area contributed by atoms with Crippen molar-refractivity contribution < 1.29 is 4.79 Å². The maximum atomic E-state index is 11.8. The second-order valence-corrected chi connectivity index (χ2v) is 5.87. The first kappa shape index (κ1) is 16.9. The molecule has 2 nitrogen and oxygen atoms in total. The molecule has 0 aromatic heterocycles. The molecule has 1 rings (SSSR count). The van der Waals surface area contributed by atoms with E-state index in [0.29, 0.717) is 11.5 Å². The predicted octanol–water partition coefficient (Wildman–Crippen LogP) is 4.00. The molecule has 0 radical (unpaired) electrons. The first-order valence-electron chi connectivity index (χ1n) is 7.79. The highest BCUT2D eigenvalue weighted by Crippen LogP contribution is 2.25. The Morgan fingerprint density at radius 2 is 1.90 bits per heavy atom. The molecule has 2 heteroatoms. The number of hydrogen-bond acceptors (Lipinski definition) is 2. The van der Waals surface area contributed by atoms with Crippen LogP contribution >= 0.6 is 0 Å². The number of carbonyl (C=O) groups is 1. The molecule has 0 aromatic carbocycles. The van der Waals surface area contributed by atoms with Crippen LogP contribution in [0.4, 0.5) is 0 Å². The summed E-state index contributed by atoms with van der Waals surface area (Å²) in [6.45, 7) is 15.5. The zero-order valence-electron chi connectivity index (χ0n) is 13.5. The number of rotatable bonds is 6. The Balaban J connectivity index is 2.60. The van der Waals surface area contributed by atoms with Crippen LogP contribution in [0.5, 0.6) is 0 Å². The van der Waals surface area contributed by atoms with Gasteiger partial charge in [-0.25, -0.2) is 0 Å². The van der Waals surface area contributed by atoms with Crippen molar-refractivity contribution in [3.8, 4) is 0 Å². The van der Waals surface area contributed by atoms with Gasteiger partial charge in [-0.1, -0.05) is 45.6 Å². The van der Waals surface area contributed by atoms with Crippen molar-refractivity contribution in [3.63, 3.8) is 0 Å². The molecule has 0 unspecified atom stereocenters. The minimum Gasteiger partial charge on any atom is -0.304 e. The molecular formula is C18H29NO. The van der Waals surface area contributed by atoms with Crippen LogP contribution in [0, 0.1) is 11.8 Å². The third-order valence-electron chi connectivity index (χ3n) is 4.16. The lowest BCUT2D eigenvalue weighted by Gasteiger charge is -2.31. The van der Waals surface area contributed by atoms with Gasteiger partial charge < -0.3 is 4.90 Å². The Hall–Kier alpha value is -1.15. The first-order chi connectivity index (χ1) is 9.49. The summed E-state index contributed by atoms with van der Waals surface area (Å²) in [5.41, 5.74) is 1.96. The summed E-state index contributed by atoms with van der Waals surface area (Å²) in [7, 11) is 0. The highest BCUT2D eigenvalue weighted by Gasteiger charge is 2.19. The molecule has 0 aromatic rings. The van der Waals surface area contributed by atoms with Gasteiger partial charge in [-0.2, -0.15) is 0 Å². The third-order valence-corrected chi connectivity index (χ3v) is 4.16. The molecular weight excluding hydrogens is 246 g/mol. The number of carbonyl (C=O) groups excluding carboxylic acids is 1. The van der Waals surface area contributed by atoms with Gasteiger partial charge in [0.2, 0.25) is 0 Å². The van der Waals surface area contributed by atoms with Gasteiger partial charge in [0.15, 0.2) is 5.78 Å². The first-order valence-corrected chi connectivity index (χ1v) is 7.79. The normalized spacial score (nSPS) is 18.9. The van der Waals surface area contributed by atoms with Gasteiger partial charge in [0.05, 0.1) is 0 Å². The van der Waals surface area contributed by atoms with E-state index in [9.17, 15) is 4.79 Å². The summed E-state index contributed by atoms with van der Waals surface area (Å²) >= 11 is 0. The van der Waals surface area contributed by atoms with E-state index < -0.39 is 0 Å². The lowest BCUT2D eigenvalue weighted by atomic mass is 9.88. The van der Waals surface area contributed by atoms with Crippen LogP contribution in [0.1, 0.15) is 40.5 Å². The van der Waals surface area contributed by atoms with E-state index >= 15 is 0 Å². The van der Waals surface area contributed by atoms with Crippen molar-refractivity contribution in [1.82, 2.24) is 4.90 Å². The zero-order valence-corrected chi connectivity index (χ0v) is 13.5. The van der Waals surface area contributed by atoms with Crippen molar-refractivity contribution in [1.29, 1.82) is 0 Å². The Bertz CT molecular complexity index is 396. The van der Waals surface area contributed by atoms with Crippen LogP contribution < -0.4 is 0 Å². The molecule has 0 atom stereocenters. The number of piperidine rings is 1. The molecule has 0 spiro atoms. The fraction of sp³-hybridized carbons (Fsp3) is 0.611. The molecule has 0 saturated carbocycles. The lowest BCUT2D eigenvalue weighted by molar-refractivity contribution is -0.117. The van der Waals surface area contributed by atoms with Gasteiger partial charge in [0.25, 0.3) is 0 Å². The topological polar surface area (TPSA) is 20.3 Å². The largest absolute Gasteiger partial charge is 0.304 e. The number of Topliss-reactive ketones (excluding diaryl/α,β-unsaturated/α-hetero) is 1. The van der Waals surface area contributed by atoms with E-state index in [4.69, 9.17) is 0 Å². The molecule has 0 aliphatic carbocycles. The number of hydrogen-bond donors (Lipinski definition) is 0. The van der Waals surface area contributed by atoms with Crippen LogP contribution in [0.3, 0.4) is 0 Å². The summed E-state index contributed by atoms with van der Waals surface area (Å²) in [4.78, 5) is 14.3. The standard InChI is InChI=1S/C18H29NO/c1-6-16(9-8-15(5)18(20)14(3)4)17-10-12-19(7-2)13-11-17/h6,8-9,14,17H,5,7,10-13H2,1-4H3/b9-8-,16-6+. The molecule has 1 fully saturated rings. The van der Waals surface area contributed by atoms with Crippen molar-refractivity contribution in [2.24, 2.45) is 11.8 Å². The summed E-state index contributed by atoms with van der Waals surface area (Å²) in [6.07, 6.45) is 8.58. The van der Waals surface area contributed by atoms with E-state index in [2.05, 4.69) is 37.5 Å². The van der Waals surface area contributed by atoms with Gasteiger partial charge >= 0.3 is 0 Å². The Morgan fingerprint density at radius 1 is 1.30 bits per heavy atom. The van der Waals surface area contributed by atoms with Crippen LogP contribution in [0.15, 0.2) is 36.0 Å². The highest BCUT2D eigenvalue weighted by molar-refractivity contribution is 5.98. The monoisotopic (exact) mass is 275 g/mol. The number of nitrogens with zero attached hydrogens (tertiary/aromatic N) is 1. The van der Waals surface area contributed by atoms with Crippen molar-refractivity contribution in [2.75, 3.05) is 19.6 Å². The SMILES string of the molecule is C=C(/C=C\C(=C/C)C1CCN(CC)CC1)C(=O)C(C)C. The van der Waals surface area contributed by atoms with Gasteiger partial charge in [0, 0.05) is 11.5 Å². The molecule has 0 amide bonds. The summed E-state index contributed by atoms with van der Waals surface area (Å²) < 4.78 is 0. The van der Waals surface area contributed by atoms with Crippen LogP contribution in [-0.4, -0.2) is 30.3 Å². The predicted molar refractivity (Wildman–Crippen MR) is 86.7 cm³/mol. The molecule has 0 N–H and O–H groups in total. The Kier molecular flexibility index (Phi) is 6.94. The number of ketones is 1. The van der Waals surface area contributed by atoms with Crippen molar-refractivity contribution in [3.05, 3.63) is 36.0 Å². The highest BCUT2D eigenvalue weighted by atomic mass is 16.1. The maximum Gasteiger partial charge on any atom is 0.164 e. The van der Waals surface area contributed by atoms with Crippen molar-refractivity contribution in [2.45, 2.75) is 40.5 Å². The zero-order chi connectivity index (χ0) is 15.1. The van der Waals surface area contributed by atoms with Gasteiger partial charge in [-0.05, 0) is 50.9 Å². The van der Waals surface area contributed by atoms with E-state index in [-0.39, 0.29) is 11.7 Å². The minimum atomic E-state index is 0.0222. The second-order valence-electron chi connectivity index (χ2n) is 5.87. The molecule has 1 heterocycles. The number of allylic oxidation sites excluding steroid dienone is 5. The second kappa shape index (κ2) is 8.21. The minimum absolute atomic E-state index is 0.0222. The third kappa shape index (κ3) is 4.75. The maximum absolute atomic E-state index is 11.8. The van der Waals surface area contributed by atoms with Crippen LogP contribution in [0.25, 0.3) is 0 Å². The van der Waals surface area contributed by atoms with E-state index in [1.165, 1.54) is 31.5 Å². The van der Waals surface area contributed by atoms with Gasteiger partial charge in [-0.15, -0.1) is 0 Å². The van der Waals surface area contributed by atoms with E-state index in [1.54, 1.807) is 0 Å². The van der Waals surface area contributed by atoms with Crippen LogP contribution in [-0.2, 0) is 4.79 Å². The fourth-order valence-electron chi connectivity index (χ4n) is 2.70. The molecule has 1 aliphatic heterocycles. The van der Waals surface area contributed by atoms with Crippen LogP contribution in [0.2, 0.25) is 0 Å². The summed E-state index contributed by atoms with van der Waals surface area (Å²) in [5, 5.41) is 0. The molecule has 112 valence electrons. The lowest BCUT2D eigenvalue weighted by Crippen LogP contribution is -2.33.